The van der Waals surface area contributed by atoms with E-state index in [1.165, 1.54) is 12.1 Å². The van der Waals surface area contributed by atoms with Gasteiger partial charge in [-0.3, -0.25) is 19.2 Å². The number of amides is 4. The Morgan fingerprint density at radius 2 is 1.71 bits per heavy atom. The first-order valence-corrected chi connectivity index (χ1v) is 17.2. The number of fused-ring (bicyclic) bond motifs is 1. The molecular weight excluding hydrogens is 650 g/mol. The molecule has 0 aromatic heterocycles. The second-order valence-corrected chi connectivity index (χ2v) is 13.8. The summed E-state index contributed by atoms with van der Waals surface area (Å²) in [5.41, 5.74) is 2.17. The van der Waals surface area contributed by atoms with Gasteiger partial charge in [-0.25, -0.2) is 10.0 Å². The number of nitrogens with one attached hydrogen (secondary N) is 1. The molecule has 12 nitrogen and oxygen atoms in total. The SMILES string of the molecule is C=CCN1CC(=O)N2[C@@H](Cc3ccc(O)cc3)C(=O)N(Cc3cccc(C(=O)NCC(O)OC(C)(C)C)c3)C[C@@H]2N1C(=O)CCc1ccccc1. The van der Waals surface area contributed by atoms with Crippen LogP contribution in [0.5, 0.6) is 5.75 Å². The molecule has 1 unspecified atom stereocenters. The molecule has 0 bridgehead atoms. The number of rotatable bonds is 13. The standard InChI is InChI=1S/C39H47N5O7/c1-5-20-42-26-35(47)43-32(22-28-14-17-31(45)18-15-28)38(50)41(25-33(43)44(42)34(46)19-16-27-10-7-6-8-11-27)24-29-12-9-13-30(21-29)37(49)40-23-36(48)51-39(2,3)4/h5-15,17-18,21,32-33,36,45,48H,1,16,19-20,22-26H2,2-4H3,(H,40,49)/t32-,33-,36?/m0/s1. The summed E-state index contributed by atoms with van der Waals surface area (Å²) >= 11 is 0. The Hall–Kier alpha value is -5.04. The molecule has 2 aliphatic rings. The number of aliphatic hydroxyl groups is 1. The van der Waals surface area contributed by atoms with Gasteiger partial charge in [0.2, 0.25) is 17.7 Å². The fourth-order valence-corrected chi connectivity index (χ4v) is 6.53. The molecule has 2 fully saturated rings. The van der Waals surface area contributed by atoms with Gasteiger partial charge in [0, 0.05) is 31.5 Å². The number of hydrogen-bond donors (Lipinski definition) is 3. The molecule has 51 heavy (non-hydrogen) atoms. The number of carbonyl (C=O) groups is 4. The minimum absolute atomic E-state index is 0.0497. The molecule has 3 atom stereocenters. The fourth-order valence-electron chi connectivity index (χ4n) is 6.53. The summed E-state index contributed by atoms with van der Waals surface area (Å²) in [6, 6.07) is 22.1. The average molecular weight is 698 g/mol. The largest absolute Gasteiger partial charge is 0.508 e. The van der Waals surface area contributed by atoms with Crippen molar-refractivity contribution >= 4 is 23.6 Å². The molecule has 0 aliphatic carbocycles. The van der Waals surface area contributed by atoms with Crippen molar-refractivity contribution in [3.8, 4) is 5.75 Å². The van der Waals surface area contributed by atoms with Crippen molar-refractivity contribution in [1.29, 1.82) is 0 Å². The zero-order valence-electron chi connectivity index (χ0n) is 29.4. The van der Waals surface area contributed by atoms with E-state index in [-0.39, 0.29) is 69.0 Å². The monoisotopic (exact) mass is 697 g/mol. The van der Waals surface area contributed by atoms with E-state index < -0.39 is 30.0 Å². The number of phenols is 1. The van der Waals surface area contributed by atoms with E-state index in [1.54, 1.807) is 77.0 Å². The van der Waals surface area contributed by atoms with Crippen molar-refractivity contribution < 1.29 is 34.1 Å². The lowest BCUT2D eigenvalue weighted by Crippen LogP contribution is -2.75. The van der Waals surface area contributed by atoms with Crippen molar-refractivity contribution in [3.63, 3.8) is 0 Å². The lowest BCUT2D eigenvalue weighted by atomic mass is 9.97. The van der Waals surface area contributed by atoms with Gasteiger partial charge in [-0.15, -0.1) is 6.58 Å². The van der Waals surface area contributed by atoms with E-state index in [2.05, 4.69) is 11.9 Å². The Bertz CT molecular complexity index is 1710. The zero-order chi connectivity index (χ0) is 36.7. The molecule has 0 saturated carbocycles. The molecule has 270 valence electrons. The minimum atomic E-state index is -1.19. The highest BCUT2D eigenvalue weighted by atomic mass is 16.6. The number of aryl methyl sites for hydroxylation is 1. The lowest BCUT2D eigenvalue weighted by Gasteiger charge is -2.55. The van der Waals surface area contributed by atoms with Crippen LogP contribution in [-0.2, 0) is 38.5 Å². The van der Waals surface area contributed by atoms with Gasteiger partial charge >= 0.3 is 0 Å². The first-order chi connectivity index (χ1) is 24.3. The number of hydrogen-bond acceptors (Lipinski definition) is 8. The predicted octanol–water partition coefficient (Wildman–Crippen LogP) is 3.24. The van der Waals surface area contributed by atoms with Crippen LogP contribution in [-0.4, -0.2) is 104 Å². The number of hydrazine groups is 1. The molecule has 0 spiro atoms. The zero-order valence-corrected chi connectivity index (χ0v) is 29.4. The van der Waals surface area contributed by atoms with E-state index >= 15 is 0 Å². The van der Waals surface area contributed by atoms with E-state index in [4.69, 9.17) is 4.74 Å². The van der Waals surface area contributed by atoms with Crippen LogP contribution < -0.4 is 5.32 Å². The Balaban J connectivity index is 1.42. The van der Waals surface area contributed by atoms with Gasteiger partial charge < -0.3 is 30.1 Å². The molecule has 4 amide bonds. The number of nitrogens with zero attached hydrogens (tertiary/aromatic N) is 4. The number of aromatic hydroxyl groups is 1. The molecule has 2 saturated heterocycles. The highest BCUT2D eigenvalue weighted by molar-refractivity contribution is 5.94. The molecular formula is C39H47N5O7. The number of phenolic OH excluding ortho intramolecular Hbond substituents is 1. The maximum atomic E-state index is 14.3. The van der Waals surface area contributed by atoms with Crippen LogP contribution in [0.1, 0.15) is 54.2 Å². The highest BCUT2D eigenvalue weighted by Gasteiger charge is 2.51. The number of ether oxygens (including phenoxy) is 1. The van der Waals surface area contributed by atoms with Crippen LogP contribution in [0.3, 0.4) is 0 Å². The van der Waals surface area contributed by atoms with Gasteiger partial charge in [-0.2, -0.15) is 0 Å². The van der Waals surface area contributed by atoms with Gasteiger partial charge in [0.25, 0.3) is 5.91 Å². The number of piperazine rings is 1. The first kappa shape index (κ1) is 37.2. The highest BCUT2D eigenvalue weighted by Crippen LogP contribution is 2.30. The second kappa shape index (κ2) is 16.3. The van der Waals surface area contributed by atoms with Crippen molar-refractivity contribution in [1.82, 2.24) is 25.1 Å². The lowest BCUT2D eigenvalue weighted by molar-refractivity contribution is -0.205. The summed E-state index contributed by atoms with van der Waals surface area (Å²) in [5.74, 6) is -1.08. The summed E-state index contributed by atoms with van der Waals surface area (Å²) in [6.07, 6.45) is 0.544. The number of benzene rings is 3. The third kappa shape index (κ3) is 9.60. The van der Waals surface area contributed by atoms with Crippen molar-refractivity contribution in [3.05, 3.63) is 114 Å². The van der Waals surface area contributed by atoms with Crippen LogP contribution in [0.2, 0.25) is 0 Å². The molecule has 3 aromatic rings. The van der Waals surface area contributed by atoms with Gasteiger partial charge in [-0.1, -0.05) is 60.7 Å². The Kier molecular flexibility index (Phi) is 11.9. The third-order valence-electron chi connectivity index (χ3n) is 8.75. The van der Waals surface area contributed by atoms with E-state index in [9.17, 15) is 29.4 Å². The Morgan fingerprint density at radius 1 is 1.00 bits per heavy atom. The molecule has 5 rings (SSSR count). The maximum Gasteiger partial charge on any atom is 0.251 e. The molecule has 2 aliphatic heterocycles. The molecule has 2 heterocycles. The van der Waals surface area contributed by atoms with E-state index in [0.29, 0.717) is 17.5 Å². The molecule has 12 heteroatoms. The van der Waals surface area contributed by atoms with Crippen LogP contribution in [0.4, 0.5) is 0 Å². The summed E-state index contributed by atoms with van der Waals surface area (Å²) in [4.78, 5) is 58.5. The smallest absolute Gasteiger partial charge is 0.251 e. The van der Waals surface area contributed by atoms with Crippen LogP contribution in [0.15, 0.2) is 91.5 Å². The number of aliphatic hydroxyl groups excluding tert-OH is 1. The van der Waals surface area contributed by atoms with Crippen molar-refractivity contribution in [2.45, 2.75) is 70.7 Å². The normalized spacial score (nSPS) is 18.7. The summed E-state index contributed by atoms with van der Waals surface area (Å²) in [5, 5.41) is 26.1. The maximum absolute atomic E-state index is 14.3. The van der Waals surface area contributed by atoms with Crippen molar-refractivity contribution in [2.75, 3.05) is 26.2 Å². The number of carbonyl (C=O) groups excluding carboxylic acids is 4. The van der Waals surface area contributed by atoms with Gasteiger partial charge in [-0.05, 0) is 68.1 Å². The van der Waals surface area contributed by atoms with Crippen LogP contribution >= 0.6 is 0 Å². The topological polar surface area (TPSA) is 143 Å². The second-order valence-electron chi connectivity index (χ2n) is 13.8. The Labute approximate surface area is 298 Å². The van der Waals surface area contributed by atoms with Gasteiger partial charge in [0.1, 0.15) is 18.0 Å². The van der Waals surface area contributed by atoms with E-state index in [1.807, 2.05) is 36.4 Å². The molecule has 3 N–H and O–H groups in total. The molecule has 0 radical (unpaired) electrons. The van der Waals surface area contributed by atoms with E-state index in [0.717, 1.165) is 11.1 Å². The first-order valence-electron chi connectivity index (χ1n) is 17.2. The van der Waals surface area contributed by atoms with Crippen LogP contribution in [0.25, 0.3) is 0 Å². The predicted molar refractivity (Wildman–Crippen MR) is 191 cm³/mol. The van der Waals surface area contributed by atoms with Gasteiger partial charge in [0.05, 0.1) is 25.2 Å². The Morgan fingerprint density at radius 3 is 2.39 bits per heavy atom. The van der Waals surface area contributed by atoms with Crippen LogP contribution in [0, 0.1) is 0 Å². The fraction of sp³-hybridized carbons (Fsp3) is 0.385. The van der Waals surface area contributed by atoms with Gasteiger partial charge in [0.15, 0.2) is 6.29 Å². The minimum Gasteiger partial charge on any atom is -0.508 e. The third-order valence-corrected chi connectivity index (χ3v) is 8.75. The summed E-state index contributed by atoms with van der Waals surface area (Å²) < 4.78 is 5.47. The quantitative estimate of drug-likeness (QED) is 0.183. The summed E-state index contributed by atoms with van der Waals surface area (Å²) in [6.45, 7) is 9.49. The van der Waals surface area contributed by atoms with Crippen molar-refractivity contribution in [2.24, 2.45) is 0 Å². The summed E-state index contributed by atoms with van der Waals surface area (Å²) in [7, 11) is 0. The average Bonchev–Trinajstić information content (AvgIpc) is 3.09. The molecule has 3 aromatic carbocycles.